The average molecular weight is 592 g/mol. The lowest BCUT2D eigenvalue weighted by molar-refractivity contribution is -0.0326. The van der Waals surface area contributed by atoms with Gasteiger partial charge in [-0.1, -0.05) is 17.4 Å². The number of aliphatic hydroxyl groups excluding tert-OH is 2. The number of amides is 1. The zero-order valence-electron chi connectivity index (χ0n) is 22.0. The van der Waals surface area contributed by atoms with E-state index in [0.29, 0.717) is 81.6 Å². The number of carbonyl (C=O) groups excluding carboxylic acids is 1. The molecule has 0 spiro atoms. The van der Waals surface area contributed by atoms with E-state index in [1.54, 1.807) is 12.1 Å². The van der Waals surface area contributed by atoms with E-state index in [-0.39, 0.29) is 36.7 Å². The minimum absolute atomic E-state index is 0. The van der Waals surface area contributed by atoms with Crippen LogP contribution < -0.4 is 20.0 Å². The molecule has 14 heteroatoms. The molecule has 6 rings (SSSR count). The molecule has 3 aromatic rings. The molecule has 3 aliphatic heterocycles. The Morgan fingerprint density at radius 2 is 1.85 bits per heavy atom. The maximum absolute atomic E-state index is 13.4. The number of aromatic nitrogens is 3. The minimum Gasteiger partial charge on any atom is -0.393 e. The van der Waals surface area contributed by atoms with Crippen LogP contribution in [0.1, 0.15) is 29.8 Å². The normalized spacial score (nSPS) is 21.0. The van der Waals surface area contributed by atoms with Gasteiger partial charge >= 0.3 is 0 Å². The molecule has 216 valence electrons. The van der Waals surface area contributed by atoms with Crippen molar-refractivity contribution in [3.05, 3.63) is 30.0 Å². The third-order valence-corrected chi connectivity index (χ3v) is 8.68. The molecule has 3 saturated heterocycles. The number of β-amino-alcohol motifs (C(OH)–C–C–N with tert-alkyl or cyclic N) is 1. The molecule has 4 N–H and O–H groups in total. The first-order valence-electron chi connectivity index (χ1n) is 13.3. The van der Waals surface area contributed by atoms with E-state index in [2.05, 4.69) is 15.2 Å². The SMILES string of the molecule is Cl.O=C(Nc1cc2sc(N3CCOCC3)nc2nc1N1CCC(O)(CO)CC1)c1cccc(N2CCC(O)C2)n1. The van der Waals surface area contributed by atoms with Crippen molar-refractivity contribution in [1.29, 1.82) is 0 Å². The predicted molar refractivity (Wildman–Crippen MR) is 156 cm³/mol. The number of aliphatic hydroxyl groups is 3. The van der Waals surface area contributed by atoms with Gasteiger partial charge in [-0.2, -0.15) is 4.98 Å². The van der Waals surface area contributed by atoms with Crippen LogP contribution in [-0.4, -0.2) is 107 Å². The Balaban J connectivity index is 0.00000323. The van der Waals surface area contributed by atoms with Crippen molar-refractivity contribution >= 4 is 62.5 Å². The predicted octanol–water partition coefficient (Wildman–Crippen LogP) is 1.49. The van der Waals surface area contributed by atoms with Crippen LogP contribution in [0.4, 0.5) is 22.5 Å². The van der Waals surface area contributed by atoms with Crippen molar-refractivity contribution in [3.8, 4) is 0 Å². The molecule has 0 bridgehead atoms. The summed E-state index contributed by atoms with van der Waals surface area (Å²) in [7, 11) is 0. The van der Waals surface area contributed by atoms with Crippen molar-refractivity contribution in [2.45, 2.75) is 31.0 Å². The molecule has 0 aliphatic carbocycles. The maximum atomic E-state index is 13.4. The Kier molecular flexibility index (Phi) is 8.59. The number of ether oxygens (including phenoxy) is 1. The van der Waals surface area contributed by atoms with Crippen LogP contribution in [0.5, 0.6) is 0 Å². The van der Waals surface area contributed by atoms with E-state index in [1.165, 1.54) is 11.3 Å². The molecule has 0 aromatic carbocycles. The van der Waals surface area contributed by atoms with E-state index < -0.39 is 5.60 Å². The van der Waals surface area contributed by atoms with Crippen molar-refractivity contribution in [2.75, 3.05) is 79.1 Å². The molecule has 3 aromatic heterocycles. The quantitative estimate of drug-likeness (QED) is 0.330. The van der Waals surface area contributed by atoms with E-state index in [9.17, 15) is 20.1 Å². The molecular weight excluding hydrogens is 558 g/mol. The molecule has 6 heterocycles. The molecule has 0 saturated carbocycles. The number of halogens is 1. The summed E-state index contributed by atoms with van der Waals surface area (Å²) in [5, 5.41) is 33.9. The number of anilines is 4. The van der Waals surface area contributed by atoms with Crippen LogP contribution in [0.25, 0.3) is 10.3 Å². The second-order valence-electron chi connectivity index (χ2n) is 10.4. The van der Waals surface area contributed by atoms with Crippen LogP contribution >= 0.6 is 23.7 Å². The molecule has 1 atom stereocenters. The fraction of sp³-hybridized carbons (Fsp3) is 0.538. The van der Waals surface area contributed by atoms with Gasteiger partial charge in [0.05, 0.1) is 41.9 Å². The highest BCUT2D eigenvalue weighted by Crippen LogP contribution is 2.36. The number of nitrogens with one attached hydrogen (secondary N) is 1. The Morgan fingerprint density at radius 1 is 1.07 bits per heavy atom. The van der Waals surface area contributed by atoms with E-state index in [0.717, 1.165) is 22.9 Å². The van der Waals surface area contributed by atoms with Gasteiger partial charge in [0, 0.05) is 39.3 Å². The number of nitrogens with zero attached hydrogens (tertiary/aromatic N) is 6. The number of hydrogen-bond donors (Lipinski definition) is 4. The molecule has 1 amide bonds. The third-order valence-electron chi connectivity index (χ3n) is 7.62. The molecule has 3 aliphatic rings. The van der Waals surface area contributed by atoms with Crippen LogP contribution in [0.2, 0.25) is 0 Å². The Bertz CT molecular complexity index is 1350. The minimum atomic E-state index is -1.11. The van der Waals surface area contributed by atoms with Gasteiger partial charge in [0.2, 0.25) is 0 Å². The number of fused-ring (bicyclic) bond motifs is 1. The number of carbonyl (C=O) groups is 1. The van der Waals surface area contributed by atoms with E-state index in [1.807, 2.05) is 21.9 Å². The van der Waals surface area contributed by atoms with Crippen LogP contribution in [0, 0.1) is 0 Å². The second-order valence-corrected chi connectivity index (χ2v) is 11.4. The van der Waals surface area contributed by atoms with Crippen molar-refractivity contribution in [3.63, 3.8) is 0 Å². The first-order valence-corrected chi connectivity index (χ1v) is 14.2. The summed E-state index contributed by atoms with van der Waals surface area (Å²) in [6, 6.07) is 7.21. The Hall–Kier alpha value is -2.81. The largest absolute Gasteiger partial charge is 0.393 e. The van der Waals surface area contributed by atoms with Crippen molar-refractivity contribution in [1.82, 2.24) is 15.0 Å². The molecule has 0 radical (unpaired) electrons. The maximum Gasteiger partial charge on any atom is 0.274 e. The van der Waals surface area contributed by atoms with Gasteiger partial charge in [-0.05, 0) is 37.5 Å². The van der Waals surface area contributed by atoms with Gasteiger partial charge in [-0.25, -0.2) is 9.97 Å². The zero-order valence-corrected chi connectivity index (χ0v) is 23.7. The summed E-state index contributed by atoms with van der Waals surface area (Å²) in [5.74, 6) is 0.874. The van der Waals surface area contributed by atoms with E-state index >= 15 is 0 Å². The molecule has 1 unspecified atom stereocenters. The van der Waals surface area contributed by atoms with Gasteiger partial charge in [-0.15, -0.1) is 12.4 Å². The lowest BCUT2D eigenvalue weighted by Crippen LogP contribution is -2.47. The Labute approximate surface area is 242 Å². The molecular formula is C26H34ClN7O5S. The van der Waals surface area contributed by atoms with E-state index in [4.69, 9.17) is 14.7 Å². The number of morpholine rings is 1. The first kappa shape index (κ1) is 28.7. The molecule has 12 nitrogen and oxygen atoms in total. The van der Waals surface area contributed by atoms with Gasteiger partial charge in [-0.3, -0.25) is 4.79 Å². The van der Waals surface area contributed by atoms with Gasteiger partial charge in [0.15, 0.2) is 16.6 Å². The van der Waals surface area contributed by atoms with Gasteiger partial charge < -0.3 is 40.1 Å². The first-order chi connectivity index (χ1) is 18.9. The van der Waals surface area contributed by atoms with Crippen molar-refractivity contribution in [2.24, 2.45) is 0 Å². The summed E-state index contributed by atoms with van der Waals surface area (Å²) in [4.78, 5) is 33.8. The summed E-state index contributed by atoms with van der Waals surface area (Å²) >= 11 is 1.53. The Morgan fingerprint density at radius 3 is 2.55 bits per heavy atom. The summed E-state index contributed by atoms with van der Waals surface area (Å²) in [6.45, 7) is 4.68. The monoisotopic (exact) mass is 591 g/mol. The second kappa shape index (κ2) is 12.0. The molecule has 40 heavy (non-hydrogen) atoms. The summed E-state index contributed by atoms with van der Waals surface area (Å²) < 4.78 is 6.33. The number of hydrogen-bond acceptors (Lipinski definition) is 12. The molecule has 3 fully saturated rings. The van der Waals surface area contributed by atoms with Crippen LogP contribution in [0.3, 0.4) is 0 Å². The highest BCUT2D eigenvalue weighted by molar-refractivity contribution is 7.22. The zero-order chi connectivity index (χ0) is 27.0. The fourth-order valence-electron chi connectivity index (χ4n) is 5.22. The lowest BCUT2D eigenvalue weighted by atomic mass is 9.92. The van der Waals surface area contributed by atoms with Crippen molar-refractivity contribution < 1.29 is 24.9 Å². The summed E-state index contributed by atoms with van der Waals surface area (Å²) in [6.07, 6.45) is 1.06. The standard InChI is InChI=1S/C26H33N7O5S.ClH/c34-16-26(37)5-8-31(9-6-26)23-19(14-20-22(29-23)30-25(39-20)32-10-12-38-13-11-32)28-24(36)18-2-1-3-21(27-18)33-7-4-17(35)15-33;/h1-3,14,17,34-35,37H,4-13,15-16H2,(H,28,36);1H. The summed E-state index contributed by atoms with van der Waals surface area (Å²) in [5.41, 5.74) is 0.307. The lowest BCUT2D eigenvalue weighted by Gasteiger charge is -2.38. The number of rotatable bonds is 6. The fourth-order valence-corrected chi connectivity index (χ4v) is 6.22. The third kappa shape index (κ3) is 5.94. The number of piperidine rings is 1. The number of pyridine rings is 2. The number of thiazole rings is 1. The van der Waals surface area contributed by atoms with Crippen LogP contribution in [-0.2, 0) is 4.74 Å². The van der Waals surface area contributed by atoms with Gasteiger partial charge in [0.1, 0.15) is 11.5 Å². The van der Waals surface area contributed by atoms with Gasteiger partial charge in [0.25, 0.3) is 5.91 Å². The average Bonchev–Trinajstić information content (AvgIpc) is 3.59. The highest BCUT2D eigenvalue weighted by Gasteiger charge is 2.33. The van der Waals surface area contributed by atoms with Crippen LogP contribution in [0.15, 0.2) is 24.3 Å². The highest BCUT2D eigenvalue weighted by atomic mass is 35.5. The topological polar surface area (TPSA) is 147 Å². The smallest absolute Gasteiger partial charge is 0.274 e.